The van der Waals surface area contributed by atoms with Crippen LogP contribution in [0.1, 0.15) is 30.5 Å². The molecule has 1 aliphatic heterocycles. The first kappa shape index (κ1) is 15.6. The molecule has 0 N–H and O–H groups in total. The molecule has 0 atom stereocenters. The fourth-order valence-corrected chi connectivity index (χ4v) is 2.86. The van der Waals surface area contributed by atoms with Gasteiger partial charge < -0.3 is 0 Å². The molecule has 1 aliphatic rings. The lowest BCUT2D eigenvalue weighted by atomic mass is 9.95. The normalized spacial score (nSPS) is 15.5. The molecule has 0 aromatic heterocycles. The number of hydrogen-bond acceptors (Lipinski definition) is 4. The number of nitriles is 2. The lowest BCUT2D eigenvalue weighted by molar-refractivity contribution is -0.128. The van der Waals surface area contributed by atoms with Gasteiger partial charge in [-0.05, 0) is 51.1 Å². The van der Waals surface area contributed by atoms with Crippen LogP contribution in [0.5, 0.6) is 0 Å². The minimum atomic E-state index is -0.671. The fraction of sp³-hybridized carbons (Fsp3) is 0.211. The molecule has 118 valence electrons. The zero-order valence-electron chi connectivity index (χ0n) is 13.7. The van der Waals surface area contributed by atoms with Crippen LogP contribution in [0.3, 0.4) is 0 Å². The number of aryl methyl sites for hydroxylation is 1. The van der Waals surface area contributed by atoms with E-state index in [-0.39, 0.29) is 11.5 Å². The van der Waals surface area contributed by atoms with Crippen LogP contribution in [-0.2, 0) is 4.79 Å². The van der Waals surface area contributed by atoms with Gasteiger partial charge in [0, 0.05) is 0 Å². The topological polar surface area (TPSA) is 71.1 Å². The van der Waals surface area contributed by atoms with Gasteiger partial charge >= 0.3 is 0 Å². The standard InChI is InChI=1S/C19H16N4O/c1-13-4-7-16(8-5-13)23-19(2,3)18(24)22(23)17-9-6-14(11-20)15(10-17)12-21/h4-10H,1-3H3. The highest BCUT2D eigenvalue weighted by Crippen LogP contribution is 2.40. The van der Waals surface area contributed by atoms with Crippen LogP contribution in [-0.4, -0.2) is 11.4 Å². The summed E-state index contributed by atoms with van der Waals surface area (Å²) in [6, 6.07) is 16.7. The van der Waals surface area contributed by atoms with Crippen molar-refractivity contribution in [1.82, 2.24) is 0 Å². The molecule has 0 unspecified atom stereocenters. The number of carbonyl (C=O) groups is 1. The molecule has 0 spiro atoms. The first-order chi connectivity index (χ1) is 11.4. The van der Waals surface area contributed by atoms with Crippen molar-refractivity contribution in [2.24, 2.45) is 0 Å². The maximum atomic E-state index is 12.6. The van der Waals surface area contributed by atoms with Crippen molar-refractivity contribution in [1.29, 1.82) is 10.5 Å². The SMILES string of the molecule is Cc1ccc(N2N(c3ccc(C#N)c(C#N)c3)C(=O)C2(C)C)cc1. The highest BCUT2D eigenvalue weighted by molar-refractivity contribution is 6.12. The minimum absolute atomic E-state index is 0.0586. The average molecular weight is 316 g/mol. The van der Waals surface area contributed by atoms with Crippen LogP contribution in [0.2, 0.25) is 0 Å². The van der Waals surface area contributed by atoms with E-state index in [1.54, 1.807) is 23.2 Å². The summed E-state index contributed by atoms with van der Waals surface area (Å²) in [6.07, 6.45) is 0. The summed E-state index contributed by atoms with van der Waals surface area (Å²) in [4.78, 5) is 12.6. The summed E-state index contributed by atoms with van der Waals surface area (Å²) in [5.41, 5.74) is 2.51. The maximum Gasteiger partial charge on any atom is 0.273 e. The van der Waals surface area contributed by atoms with Gasteiger partial charge in [-0.3, -0.25) is 9.80 Å². The number of anilines is 2. The second kappa shape index (κ2) is 5.40. The third-order valence-corrected chi connectivity index (χ3v) is 4.21. The van der Waals surface area contributed by atoms with E-state index in [0.717, 1.165) is 11.3 Å². The molecule has 0 bridgehead atoms. The fourth-order valence-electron chi connectivity index (χ4n) is 2.86. The minimum Gasteiger partial charge on any atom is -0.270 e. The maximum absolute atomic E-state index is 12.6. The number of amides is 1. The predicted octanol–water partition coefficient (Wildman–Crippen LogP) is 3.29. The van der Waals surface area contributed by atoms with Crippen molar-refractivity contribution in [3.63, 3.8) is 0 Å². The van der Waals surface area contributed by atoms with Crippen molar-refractivity contribution in [3.8, 4) is 12.1 Å². The Labute approximate surface area is 140 Å². The molecule has 0 aliphatic carbocycles. The zero-order chi connectivity index (χ0) is 17.5. The lowest BCUT2D eigenvalue weighted by Crippen LogP contribution is -2.76. The molecular weight excluding hydrogens is 300 g/mol. The van der Waals surface area contributed by atoms with Gasteiger partial charge in [0.05, 0.1) is 22.5 Å². The summed E-state index contributed by atoms with van der Waals surface area (Å²) in [5, 5.41) is 21.7. The molecule has 1 amide bonds. The quantitative estimate of drug-likeness (QED) is 0.852. The molecule has 2 aromatic carbocycles. The Kier molecular flexibility index (Phi) is 3.51. The number of benzene rings is 2. The molecule has 0 saturated carbocycles. The summed E-state index contributed by atoms with van der Waals surface area (Å²) in [6.45, 7) is 5.73. The molecule has 24 heavy (non-hydrogen) atoms. The van der Waals surface area contributed by atoms with Crippen LogP contribution in [0.4, 0.5) is 11.4 Å². The zero-order valence-corrected chi connectivity index (χ0v) is 13.7. The second-order valence-electron chi connectivity index (χ2n) is 6.28. The van der Waals surface area contributed by atoms with E-state index in [9.17, 15) is 10.1 Å². The Morgan fingerprint density at radius 3 is 2.08 bits per heavy atom. The molecule has 1 fully saturated rings. The molecule has 5 nitrogen and oxygen atoms in total. The van der Waals surface area contributed by atoms with Gasteiger partial charge in [0.15, 0.2) is 0 Å². The molecule has 1 heterocycles. The number of hydrazine groups is 1. The molecule has 3 rings (SSSR count). The van der Waals surface area contributed by atoms with Gasteiger partial charge in [-0.15, -0.1) is 0 Å². The summed E-state index contributed by atoms with van der Waals surface area (Å²) in [7, 11) is 0. The van der Waals surface area contributed by atoms with Gasteiger partial charge in [0.1, 0.15) is 17.7 Å². The number of carbonyl (C=O) groups excluding carboxylic acids is 1. The van der Waals surface area contributed by atoms with Crippen molar-refractivity contribution in [2.75, 3.05) is 10.0 Å². The smallest absolute Gasteiger partial charge is 0.270 e. The Hall–Kier alpha value is -3.31. The molecular formula is C19H16N4O. The van der Waals surface area contributed by atoms with Gasteiger partial charge in [0.2, 0.25) is 0 Å². The highest BCUT2D eigenvalue weighted by Gasteiger charge is 2.53. The van der Waals surface area contributed by atoms with E-state index in [4.69, 9.17) is 5.26 Å². The second-order valence-corrected chi connectivity index (χ2v) is 6.28. The van der Waals surface area contributed by atoms with E-state index < -0.39 is 5.54 Å². The molecule has 0 radical (unpaired) electrons. The number of nitrogens with zero attached hydrogens (tertiary/aromatic N) is 4. The van der Waals surface area contributed by atoms with Crippen LogP contribution in [0.15, 0.2) is 42.5 Å². The van der Waals surface area contributed by atoms with Crippen molar-refractivity contribution in [2.45, 2.75) is 26.3 Å². The van der Waals surface area contributed by atoms with Crippen molar-refractivity contribution < 1.29 is 4.79 Å². The molecule has 2 aromatic rings. The van der Waals surface area contributed by atoms with Gasteiger partial charge in [-0.25, -0.2) is 5.01 Å². The van der Waals surface area contributed by atoms with Gasteiger partial charge in [-0.1, -0.05) is 17.7 Å². The lowest BCUT2D eigenvalue weighted by Gasteiger charge is -2.56. The Balaban J connectivity index is 2.06. The Morgan fingerprint density at radius 2 is 1.50 bits per heavy atom. The van der Waals surface area contributed by atoms with E-state index in [0.29, 0.717) is 11.3 Å². The van der Waals surface area contributed by atoms with Gasteiger partial charge in [0.25, 0.3) is 5.91 Å². The largest absolute Gasteiger partial charge is 0.273 e. The Morgan fingerprint density at radius 1 is 0.917 bits per heavy atom. The van der Waals surface area contributed by atoms with Crippen molar-refractivity contribution >= 4 is 17.3 Å². The van der Waals surface area contributed by atoms with E-state index >= 15 is 0 Å². The monoisotopic (exact) mass is 316 g/mol. The third-order valence-electron chi connectivity index (χ3n) is 4.21. The van der Waals surface area contributed by atoms with E-state index in [1.807, 2.05) is 62.2 Å². The summed E-state index contributed by atoms with van der Waals surface area (Å²) >= 11 is 0. The third kappa shape index (κ3) is 2.19. The average Bonchev–Trinajstić information content (AvgIpc) is 2.59. The van der Waals surface area contributed by atoms with E-state index in [1.165, 1.54) is 0 Å². The summed E-state index contributed by atoms with van der Waals surface area (Å²) < 4.78 is 0. The van der Waals surface area contributed by atoms with Crippen LogP contribution < -0.4 is 10.0 Å². The van der Waals surface area contributed by atoms with Crippen molar-refractivity contribution in [3.05, 3.63) is 59.2 Å². The molecule has 1 saturated heterocycles. The predicted molar refractivity (Wildman–Crippen MR) is 91.1 cm³/mol. The summed E-state index contributed by atoms with van der Waals surface area (Å²) in [5.74, 6) is -0.0586. The van der Waals surface area contributed by atoms with Crippen LogP contribution in [0.25, 0.3) is 0 Å². The van der Waals surface area contributed by atoms with Gasteiger partial charge in [-0.2, -0.15) is 10.5 Å². The van der Waals surface area contributed by atoms with Crippen LogP contribution >= 0.6 is 0 Å². The molecule has 5 heteroatoms. The Bertz CT molecular complexity index is 900. The number of rotatable bonds is 2. The van der Waals surface area contributed by atoms with Crippen LogP contribution in [0, 0.1) is 29.6 Å². The highest BCUT2D eigenvalue weighted by atomic mass is 16.2. The number of hydrogen-bond donors (Lipinski definition) is 0. The first-order valence-corrected chi connectivity index (χ1v) is 7.56. The van der Waals surface area contributed by atoms with E-state index in [2.05, 4.69) is 0 Å². The first-order valence-electron chi connectivity index (χ1n) is 7.56.